The van der Waals surface area contributed by atoms with E-state index in [2.05, 4.69) is 0 Å². The standard InChI is InChI=1S/C13H14N2O/c1-2-11-8-10(14)9-13(16)15(11)12-6-4-3-5-7-12/h3-9H,2,14H2,1H3. The van der Waals surface area contributed by atoms with Crippen LogP contribution >= 0.6 is 0 Å². The zero-order valence-electron chi connectivity index (χ0n) is 9.18. The first-order chi connectivity index (χ1) is 7.72. The zero-order valence-corrected chi connectivity index (χ0v) is 9.18. The van der Waals surface area contributed by atoms with Gasteiger partial charge in [-0.05, 0) is 24.6 Å². The molecule has 0 atom stereocenters. The molecule has 16 heavy (non-hydrogen) atoms. The molecule has 0 fully saturated rings. The average molecular weight is 214 g/mol. The van der Waals surface area contributed by atoms with Crippen molar-refractivity contribution in [2.24, 2.45) is 0 Å². The number of pyridine rings is 1. The van der Waals surface area contributed by atoms with Gasteiger partial charge in [-0.1, -0.05) is 25.1 Å². The highest BCUT2D eigenvalue weighted by Crippen LogP contribution is 2.11. The number of nitrogens with two attached hydrogens (primary N) is 1. The van der Waals surface area contributed by atoms with Crippen LogP contribution in [-0.2, 0) is 6.42 Å². The molecule has 1 aromatic heterocycles. The summed E-state index contributed by atoms with van der Waals surface area (Å²) in [6.07, 6.45) is 0.773. The molecule has 2 aromatic rings. The summed E-state index contributed by atoms with van der Waals surface area (Å²) in [4.78, 5) is 11.9. The molecule has 0 saturated carbocycles. The van der Waals surface area contributed by atoms with E-state index in [1.54, 1.807) is 4.57 Å². The molecule has 3 nitrogen and oxygen atoms in total. The fraction of sp³-hybridized carbons (Fsp3) is 0.154. The van der Waals surface area contributed by atoms with Crippen molar-refractivity contribution in [3.05, 3.63) is 58.5 Å². The monoisotopic (exact) mass is 214 g/mol. The van der Waals surface area contributed by atoms with Gasteiger partial charge in [0.25, 0.3) is 5.56 Å². The Balaban J connectivity index is 2.69. The van der Waals surface area contributed by atoms with Gasteiger partial charge >= 0.3 is 0 Å². The summed E-state index contributed by atoms with van der Waals surface area (Å²) in [6.45, 7) is 2.01. The number of nitrogen functional groups attached to an aromatic ring is 1. The molecule has 1 aromatic carbocycles. The minimum atomic E-state index is -0.0805. The molecule has 0 radical (unpaired) electrons. The Morgan fingerprint density at radius 2 is 1.88 bits per heavy atom. The van der Waals surface area contributed by atoms with E-state index >= 15 is 0 Å². The van der Waals surface area contributed by atoms with Gasteiger partial charge in [-0.2, -0.15) is 0 Å². The first-order valence-electron chi connectivity index (χ1n) is 5.29. The lowest BCUT2D eigenvalue weighted by atomic mass is 10.2. The van der Waals surface area contributed by atoms with Gasteiger partial charge in [-0.25, -0.2) is 0 Å². The maximum Gasteiger partial charge on any atom is 0.257 e. The van der Waals surface area contributed by atoms with Crippen LogP contribution in [0.3, 0.4) is 0 Å². The van der Waals surface area contributed by atoms with Crippen LogP contribution in [0.2, 0.25) is 0 Å². The molecule has 0 amide bonds. The van der Waals surface area contributed by atoms with Crippen LogP contribution in [0, 0.1) is 0 Å². The molecule has 0 aliphatic carbocycles. The fourth-order valence-electron chi connectivity index (χ4n) is 1.78. The van der Waals surface area contributed by atoms with E-state index in [0.717, 1.165) is 17.8 Å². The van der Waals surface area contributed by atoms with Crippen molar-refractivity contribution in [1.29, 1.82) is 0 Å². The minimum Gasteiger partial charge on any atom is -0.399 e. The second-order valence-corrected chi connectivity index (χ2v) is 3.64. The molecule has 3 heteroatoms. The Morgan fingerprint density at radius 1 is 1.19 bits per heavy atom. The highest BCUT2D eigenvalue weighted by Gasteiger charge is 2.05. The number of nitrogens with zero attached hydrogens (tertiary/aromatic N) is 1. The first kappa shape index (κ1) is 10.5. The molecule has 2 N–H and O–H groups in total. The van der Waals surface area contributed by atoms with E-state index in [4.69, 9.17) is 5.73 Å². The van der Waals surface area contributed by atoms with E-state index < -0.39 is 0 Å². The smallest absolute Gasteiger partial charge is 0.257 e. The van der Waals surface area contributed by atoms with Crippen LogP contribution < -0.4 is 11.3 Å². The molecule has 1 heterocycles. The largest absolute Gasteiger partial charge is 0.399 e. The molecular weight excluding hydrogens is 200 g/mol. The van der Waals surface area contributed by atoms with Crippen molar-refractivity contribution in [2.45, 2.75) is 13.3 Å². The minimum absolute atomic E-state index is 0.0805. The normalized spacial score (nSPS) is 10.3. The molecule has 0 unspecified atom stereocenters. The molecule has 0 aliphatic heterocycles. The molecule has 2 rings (SSSR count). The van der Waals surface area contributed by atoms with Crippen LogP contribution in [0.1, 0.15) is 12.6 Å². The van der Waals surface area contributed by atoms with E-state index in [0.29, 0.717) is 5.69 Å². The Hall–Kier alpha value is -2.03. The predicted octanol–water partition coefficient (Wildman–Crippen LogP) is 1.98. The number of aryl methyl sites for hydroxylation is 1. The lowest BCUT2D eigenvalue weighted by molar-refractivity contribution is 0.878. The number of anilines is 1. The van der Waals surface area contributed by atoms with E-state index in [9.17, 15) is 4.79 Å². The molecule has 0 bridgehead atoms. The van der Waals surface area contributed by atoms with Crippen LogP contribution in [0.25, 0.3) is 5.69 Å². The van der Waals surface area contributed by atoms with E-state index in [-0.39, 0.29) is 5.56 Å². The van der Waals surface area contributed by atoms with Crippen LogP contribution in [-0.4, -0.2) is 4.57 Å². The quantitative estimate of drug-likeness (QED) is 0.831. The van der Waals surface area contributed by atoms with Crippen molar-refractivity contribution in [2.75, 3.05) is 5.73 Å². The van der Waals surface area contributed by atoms with Gasteiger partial charge in [0.2, 0.25) is 0 Å². The van der Waals surface area contributed by atoms with Crippen molar-refractivity contribution < 1.29 is 0 Å². The summed E-state index contributed by atoms with van der Waals surface area (Å²) in [5, 5.41) is 0. The number of benzene rings is 1. The van der Waals surface area contributed by atoms with Crippen LogP contribution in [0.5, 0.6) is 0 Å². The maximum absolute atomic E-state index is 11.9. The van der Waals surface area contributed by atoms with Gasteiger partial charge in [-0.15, -0.1) is 0 Å². The average Bonchev–Trinajstić information content (AvgIpc) is 2.29. The first-order valence-corrected chi connectivity index (χ1v) is 5.29. The third kappa shape index (κ3) is 1.84. The van der Waals surface area contributed by atoms with Crippen molar-refractivity contribution in [3.63, 3.8) is 0 Å². The molecule has 0 spiro atoms. The molecule has 82 valence electrons. The van der Waals surface area contributed by atoms with Gasteiger partial charge < -0.3 is 5.73 Å². The fourth-order valence-corrected chi connectivity index (χ4v) is 1.78. The number of rotatable bonds is 2. The van der Waals surface area contributed by atoms with Crippen molar-refractivity contribution >= 4 is 5.69 Å². The maximum atomic E-state index is 11.9. The third-order valence-corrected chi connectivity index (χ3v) is 2.51. The van der Waals surface area contributed by atoms with E-state index in [1.807, 2.05) is 43.3 Å². The lowest BCUT2D eigenvalue weighted by Gasteiger charge is -2.11. The van der Waals surface area contributed by atoms with E-state index in [1.165, 1.54) is 6.07 Å². The Bertz CT molecular complexity index is 544. The lowest BCUT2D eigenvalue weighted by Crippen LogP contribution is -2.21. The molecule has 0 aliphatic rings. The van der Waals surface area contributed by atoms with Gasteiger partial charge in [0, 0.05) is 23.1 Å². The Labute approximate surface area is 94.1 Å². The summed E-state index contributed by atoms with van der Waals surface area (Å²) in [5.41, 5.74) is 7.92. The zero-order chi connectivity index (χ0) is 11.5. The number of para-hydroxylation sites is 1. The topological polar surface area (TPSA) is 48.0 Å². The second kappa shape index (κ2) is 4.23. The Kier molecular flexibility index (Phi) is 2.77. The SMILES string of the molecule is CCc1cc(N)cc(=O)n1-c1ccccc1. The highest BCUT2D eigenvalue weighted by molar-refractivity contribution is 5.43. The predicted molar refractivity (Wildman–Crippen MR) is 65.8 cm³/mol. The summed E-state index contributed by atoms with van der Waals surface area (Å²) in [5.74, 6) is 0. The summed E-state index contributed by atoms with van der Waals surface area (Å²) in [6, 6.07) is 12.9. The van der Waals surface area contributed by atoms with Gasteiger partial charge in [0.15, 0.2) is 0 Å². The number of hydrogen-bond donors (Lipinski definition) is 1. The summed E-state index contributed by atoms with van der Waals surface area (Å²) < 4.78 is 1.69. The molecule has 0 saturated heterocycles. The second-order valence-electron chi connectivity index (χ2n) is 3.64. The molecular formula is C13H14N2O. The van der Waals surface area contributed by atoms with Gasteiger partial charge in [-0.3, -0.25) is 9.36 Å². The van der Waals surface area contributed by atoms with Crippen LogP contribution in [0.4, 0.5) is 5.69 Å². The van der Waals surface area contributed by atoms with Crippen LogP contribution in [0.15, 0.2) is 47.3 Å². The van der Waals surface area contributed by atoms with Crippen molar-refractivity contribution in [1.82, 2.24) is 4.57 Å². The van der Waals surface area contributed by atoms with Gasteiger partial charge in [0.1, 0.15) is 0 Å². The summed E-state index contributed by atoms with van der Waals surface area (Å²) >= 11 is 0. The highest BCUT2D eigenvalue weighted by atomic mass is 16.1. The number of hydrogen-bond acceptors (Lipinski definition) is 2. The summed E-state index contributed by atoms with van der Waals surface area (Å²) in [7, 11) is 0. The van der Waals surface area contributed by atoms with Crippen molar-refractivity contribution in [3.8, 4) is 5.69 Å². The third-order valence-electron chi connectivity index (χ3n) is 2.51. The van der Waals surface area contributed by atoms with Gasteiger partial charge in [0.05, 0.1) is 0 Å². The number of aromatic nitrogens is 1. The Morgan fingerprint density at radius 3 is 2.50 bits per heavy atom.